The van der Waals surface area contributed by atoms with E-state index >= 15 is 0 Å². The Balaban J connectivity index is 2.79. The second-order valence-corrected chi connectivity index (χ2v) is 18.6. The van der Waals surface area contributed by atoms with Crippen molar-refractivity contribution < 1.29 is 49.3 Å². The van der Waals surface area contributed by atoms with Gasteiger partial charge in [0.15, 0.2) is 12.4 Å². The molecular formula is C53H99NO10. The Morgan fingerprint density at radius 3 is 1.52 bits per heavy atom. The smallest absolute Gasteiger partial charge is 0.306 e. The van der Waals surface area contributed by atoms with E-state index in [2.05, 4.69) is 38.2 Å². The first-order valence-corrected chi connectivity index (χ1v) is 26.6. The molecule has 0 aromatic carbocycles. The number of unbranched alkanes of at least 4 members (excludes halogenated alkanes) is 28. The summed E-state index contributed by atoms with van der Waals surface area (Å²) in [7, 11) is 0. The van der Waals surface area contributed by atoms with Gasteiger partial charge in [0.1, 0.15) is 24.4 Å². The number of amides is 1. The number of ether oxygens (including phenoxy) is 3. The lowest BCUT2D eigenvalue weighted by Crippen LogP contribution is -2.61. The SMILES string of the molecule is CCCCCCCCC/C=C\CCCCC(O)C(=O)NC(COC1OC(CO)C(O)C(O)C1OC(=O)CCCCCCCCCCCCC)C(O)/C=C/CCCCCCCCCCC. The van der Waals surface area contributed by atoms with Gasteiger partial charge >= 0.3 is 5.97 Å². The number of esters is 1. The Bertz CT molecular complexity index is 1140. The predicted octanol–water partition coefficient (Wildman–Crippen LogP) is 11.0. The Morgan fingerprint density at radius 1 is 0.594 bits per heavy atom. The van der Waals surface area contributed by atoms with Gasteiger partial charge in [0, 0.05) is 6.42 Å². The minimum atomic E-state index is -1.61. The molecule has 0 bridgehead atoms. The number of allylic oxidation sites excluding steroid dienone is 3. The van der Waals surface area contributed by atoms with Crippen molar-refractivity contribution in [2.24, 2.45) is 0 Å². The first-order valence-electron chi connectivity index (χ1n) is 26.6. The highest BCUT2D eigenvalue weighted by molar-refractivity contribution is 5.80. The van der Waals surface area contributed by atoms with Gasteiger partial charge in [-0.2, -0.15) is 0 Å². The van der Waals surface area contributed by atoms with E-state index in [1.807, 2.05) is 6.08 Å². The van der Waals surface area contributed by atoms with Crippen molar-refractivity contribution in [3.05, 3.63) is 24.3 Å². The fraction of sp³-hybridized carbons (Fsp3) is 0.887. The molecule has 0 aromatic heterocycles. The highest BCUT2D eigenvalue weighted by atomic mass is 16.7. The quantitative estimate of drug-likeness (QED) is 0.0196. The van der Waals surface area contributed by atoms with E-state index in [0.29, 0.717) is 12.8 Å². The van der Waals surface area contributed by atoms with Crippen LogP contribution in [0.1, 0.15) is 239 Å². The van der Waals surface area contributed by atoms with Crippen molar-refractivity contribution in [2.75, 3.05) is 13.2 Å². The lowest BCUT2D eigenvalue weighted by atomic mass is 9.99. The zero-order valence-corrected chi connectivity index (χ0v) is 41.2. The molecule has 64 heavy (non-hydrogen) atoms. The van der Waals surface area contributed by atoms with Gasteiger partial charge in [-0.1, -0.05) is 206 Å². The van der Waals surface area contributed by atoms with Gasteiger partial charge in [-0.15, -0.1) is 0 Å². The lowest BCUT2D eigenvalue weighted by Gasteiger charge is -2.41. The highest BCUT2D eigenvalue weighted by Gasteiger charge is 2.47. The van der Waals surface area contributed by atoms with Gasteiger partial charge in [0.25, 0.3) is 0 Å². The van der Waals surface area contributed by atoms with Crippen LogP contribution in [0.3, 0.4) is 0 Å². The molecule has 0 spiro atoms. The Hall–Kier alpha value is -1.86. The first kappa shape index (κ1) is 60.2. The summed E-state index contributed by atoms with van der Waals surface area (Å²) in [5, 5.41) is 56.5. The lowest BCUT2D eigenvalue weighted by molar-refractivity contribution is -0.305. The highest BCUT2D eigenvalue weighted by Crippen LogP contribution is 2.26. The third-order valence-electron chi connectivity index (χ3n) is 12.6. The summed E-state index contributed by atoms with van der Waals surface area (Å²) in [5.74, 6) is -1.21. The fourth-order valence-electron chi connectivity index (χ4n) is 8.29. The number of carbonyl (C=O) groups excluding carboxylic acids is 2. The Labute approximate surface area is 391 Å². The zero-order valence-electron chi connectivity index (χ0n) is 41.2. The van der Waals surface area contributed by atoms with E-state index in [9.17, 15) is 35.1 Å². The van der Waals surface area contributed by atoms with Crippen LogP contribution < -0.4 is 5.32 Å². The van der Waals surface area contributed by atoms with Crippen molar-refractivity contribution in [3.63, 3.8) is 0 Å². The van der Waals surface area contributed by atoms with Crippen molar-refractivity contribution in [1.29, 1.82) is 0 Å². The predicted molar refractivity (Wildman–Crippen MR) is 260 cm³/mol. The topological polar surface area (TPSA) is 175 Å². The number of rotatable bonds is 44. The Kier molecular flexibility index (Phi) is 39.9. The van der Waals surface area contributed by atoms with E-state index in [4.69, 9.17) is 14.2 Å². The maximum absolute atomic E-state index is 13.3. The molecule has 0 aliphatic carbocycles. The molecule has 0 saturated carbocycles. The summed E-state index contributed by atoms with van der Waals surface area (Å²) >= 11 is 0. The summed E-state index contributed by atoms with van der Waals surface area (Å²) in [6, 6.07) is -1.02. The molecule has 376 valence electrons. The van der Waals surface area contributed by atoms with E-state index in [0.717, 1.165) is 57.8 Å². The van der Waals surface area contributed by atoms with Crippen molar-refractivity contribution in [3.8, 4) is 0 Å². The molecule has 11 heteroatoms. The zero-order chi connectivity index (χ0) is 46.9. The second-order valence-electron chi connectivity index (χ2n) is 18.6. The summed E-state index contributed by atoms with van der Waals surface area (Å²) in [4.78, 5) is 26.3. The molecule has 1 saturated heterocycles. The van der Waals surface area contributed by atoms with Gasteiger partial charge in [-0.3, -0.25) is 9.59 Å². The molecule has 6 N–H and O–H groups in total. The standard InChI is InChI=1S/C53H99NO10/c1-4-7-10-13-16-19-22-23-26-28-31-34-37-40-46(57)52(61)54-44(45(56)39-36-33-30-27-24-20-17-14-11-8-5-2)43-62-53-51(50(60)49(59)47(42-55)63-53)64-48(58)41-38-35-32-29-25-21-18-15-12-9-6-3/h26,28,36,39,44-47,49-51,53,55-57,59-60H,4-25,27,29-35,37-38,40-43H2,1-3H3,(H,54,61)/b28-26-,39-36+. The van der Waals surface area contributed by atoms with Gasteiger partial charge in [-0.05, 0) is 51.4 Å². The largest absolute Gasteiger partial charge is 0.454 e. The van der Waals surface area contributed by atoms with Crippen LogP contribution in [0.25, 0.3) is 0 Å². The van der Waals surface area contributed by atoms with E-state index < -0.39 is 67.4 Å². The molecule has 0 aromatic rings. The monoisotopic (exact) mass is 910 g/mol. The van der Waals surface area contributed by atoms with E-state index in [-0.39, 0.29) is 19.4 Å². The second kappa shape index (κ2) is 42.5. The molecule has 1 heterocycles. The van der Waals surface area contributed by atoms with Crippen LogP contribution in [0.2, 0.25) is 0 Å². The number of carbonyl (C=O) groups is 2. The van der Waals surface area contributed by atoms with Crippen molar-refractivity contribution in [2.45, 2.75) is 288 Å². The third kappa shape index (κ3) is 31.2. The first-order chi connectivity index (χ1) is 31.2. The van der Waals surface area contributed by atoms with Gasteiger partial charge < -0.3 is 45.1 Å². The molecule has 8 unspecified atom stereocenters. The van der Waals surface area contributed by atoms with Crippen LogP contribution in [-0.2, 0) is 23.8 Å². The molecule has 1 aliphatic heterocycles. The maximum Gasteiger partial charge on any atom is 0.306 e. The van der Waals surface area contributed by atoms with Gasteiger partial charge in [0.2, 0.25) is 5.91 Å². The molecule has 8 atom stereocenters. The summed E-state index contributed by atoms with van der Waals surface area (Å²) in [6.45, 7) is 5.73. The molecule has 1 amide bonds. The molecule has 1 aliphatic rings. The number of aliphatic hydroxyl groups is 5. The Morgan fingerprint density at radius 2 is 1.03 bits per heavy atom. The van der Waals surface area contributed by atoms with E-state index in [1.165, 1.54) is 135 Å². The van der Waals surface area contributed by atoms with Crippen molar-refractivity contribution in [1.82, 2.24) is 5.32 Å². The number of hydrogen-bond acceptors (Lipinski definition) is 10. The van der Waals surface area contributed by atoms with Crippen molar-refractivity contribution >= 4 is 11.9 Å². The molecule has 11 nitrogen and oxygen atoms in total. The molecular weight excluding hydrogens is 811 g/mol. The average molecular weight is 910 g/mol. The summed E-state index contributed by atoms with van der Waals surface area (Å²) in [6.07, 6.45) is 35.2. The van der Waals surface area contributed by atoms with Crippen LogP contribution >= 0.6 is 0 Å². The number of hydrogen-bond donors (Lipinski definition) is 6. The normalized spacial score (nSPS) is 20.5. The van der Waals surface area contributed by atoms with Crippen LogP contribution in [-0.4, -0.2) is 99.6 Å². The summed E-state index contributed by atoms with van der Waals surface area (Å²) in [5.41, 5.74) is 0. The van der Waals surface area contributed by atoms with Gasteiger partial charge in [0.05, 0.1) is 25.4 Å². The minimum absolute atomic E-state index is 0.126. The van der Waals surface area contributed by atoms with Crippen LogP contribution in [0, 0.1) is 0 Å². The molecule has 0 radical (unpaired) electrons. The molecule has 1 rings (SSSR count). The van der Waals surface area contributed by atoms with Crippen LogP contribution in [0.4, 0.5) is 0 Å². The number of aliphatic hydroxyl groups excluding tert-OH is 5. The van der Waals surface area contributed by atoms with Crippen LogP contribution in [0.15, 0.2) is 24.3 Å². The third-order valence-corrected chi connectivity index (χ3v) is 12.6. The van der Waals surface area contributed by atoms with Gasteiger partial charge in [-0.25, -0.2) is 0 Å². The fourth-order valence-corrected chi connectivity index (χ4v) is 8.29. The molecule has 1 fully saturated rings. The number of nitrogens with one attached hydrogen (secondary N) is 1. The summed E-state index contributed by atoms with van der Waals surface area (Å²) < 4.78 is 17.5. The van der Waals surface area contributed by atoms with E-state index in [1.54, 1.807) is 6.08 Å². The average Bonchev–Trinajstić information content (AvgIpc) is 3.29. The maximum atomic E-state index is 13.3. The minimum Gasteiger partial charge on any atom is -0.454 e. The van der Waals surface area contributed by atoms with Crippen LogP contribution in [0.5, 0.6) is 0 Å².